The minimum absolute atomic E-state index is 0.0464. The number of nitrogens with zero attached hydrogens (tertiary/aromatic N) is 1. The van der Waals surface area contributed by atoms with Gasteiger partial charge in [0.25, 0.3) is 9.05 Å². The highest BCUT2D eigenvalue weighted by Crippen LogP contribution is 2.38. The number of carbonyl (C=O) groups is 1. The summed E-state index contributed by atoms with van der Waals surface area (Å²) in [5.41, 5.74) is 2.61. The molecule has 6 heteroatoms. The molecule has 0 bridgehead atoms. The molecule has 2 aliphatic heterocycles. The summed E-state index contributed by atoms with van der Waals surface area (Å²) in [4.78, 5) is 13.6. The van der Waals surface area contributed by atoms with Crippen LogP contribution in [0.2, 0.25) is 0 Å². The van der Waals surface area contributed by atoms with Crippen molar-refractivity contribution in [2.75, 3.05) is 11.4 Å². The number of hydrogen-bond donors (Lipinski definition) is 0. The van der Waals surface area contributed by atoms with Crippen LogP contribution in [0.1, 0.15) is 17.5 Å². The molecule has 0 aromatic heterocycles. The van der Waals surface area contributed by atoms with Crippen molar-refractivity contribution in [2.45, 2.75) is 24.2 Å². The number of hydrogen-bond acceptors (Lipinski definition) is 3. The molecule has 90 valence electrons. The maximum Gasteiger partial charge on any atom is 0.261 e. The Morgan fingerprint density at radius 1 is 1.24 bits per heavy atom. The highest BCUT2D eigenvalue weighted by atomic mass is 35.7. The zero-order chi connectivity index (χ0) is 12.2. The molecule has 1 amide bonds. The van der Waals surface area contributed by atoms with Crippen LogP contribution in [0.4, 0.5) is 5.69 Å². The van der Waals surface area contributed by atoms with E-state index in [0.717, 1.165) is 36.2 Å². The standard InChI is InChI=1S/C11H10ClNO3S/c12-17(15,16)9-4-7-2-1-3-13-10(14)6-8(5-9)11(7)13/h4-5H,1-3,6H2. The van der Waals surface area contributed by atoms with Gasteiger partial charge in [-0.3, -0.25) is 4.79 Å². The van der Waals surface area contributed by atoms with Crippen molar-refractivity contribution < 1.29 is 13.2 Å². The van der Waals surface area contributed by atoms with Gasteiger partial charge in [0.05, 0.1) is 17.0 Å². The molecule has 0 saturated heterocycles. The summed E-state index contributed by atoms with van der Waals surface area (Å²) >= 11 is 0. The average molecular weight is 272 g/mol. The van der Waals surface area contributed by atoms with Crippen LogP contribution < -0.4 is 4.90 Å². The number of benzene rings is 1. The molecule has 0 N–H and O–H groups in total. The SMILES string of the molecule is O=C1Cc2cc(S(=O)(=O)Cl)cc3c2N1CCC3. The monoisotopic (exact) mass is 271 g/mol. The topological polar surface area (TPSA) is 54.5 Å². The number of carbonyl (C=O) groups excluding carboxylic acids is 1. The van der Waals surface area contributed by atoms with Gasteiger partial charge in [-0.2, -0.15) is 0 Å². The van der Waals surface area contributed by atoms with Crippen LogP contribution in [0.3, 0.4) is 0 Å². The van der Waals surface area contributed by atoms with Gasteiger partial charge in [0, 0.05) is 17.2 Å². The van der Waals surface area contributed by atoms with E-state index in [9.17, 15) is 13.2 Å². The second kappa shape index (κ2) is 3.46. The molecule has 0 aliphatic carbocycles. The van der Waals surface area contributed by atoms with Gasteiger partial charge in [0.2, 0.25) is 5.91 Å². The third-order valence-corrected chi connectivity index (χ3v) is 4.60. The second-order valence-electron chi connectivity index (χ2n) is 4.35. The smallest absolute Gasteiger partial charge is 0.261 e. The van der Waals surface area contributed by atoms with E-state index in [4.69, 9.17) is 10.7 Å². The van der Waals surface area contributed by atoms with Gasteiger partial charge in [-0.05, 0) is 36.1 Å². The Kier molecular flexibility index (Phi) is 2.25. The summed E-state index contributed by atoms with van der Waals surface area (Å²) in [6.07, 6.45) is 1.94. The van der Waals surface area contributed by atoms with Crippen LogP contribution in [0.15, 0.2) is 17.0 Å². The zero-order valence-corrected chi connectivity index (χ0v) is 10.5. The van der Waals surface area contributed by atoms with Crippen molar-refractivity contribution in [3.05, 3.63) is 23.3 Å². The minimum atomic E-state index is -3.73. The molecule has 0 spiro atoms. The molecule has 0 unspecified atom stereocenters. The fourth-order valence-electron chi connectivity index (χ4n) is 2.59. The van der Waals surface area contributed by atoms with Crippen molar-refractivity contribution in [3.63, 3.8) is 0 Å². The third-order valence-electron chi connectivity index (χ3n) is 3.26. The second-order valence-corrected chi connectivity index (χ2v) is 6.92. The molecule has 2 heterocycles. The van der Waals surface area contributed by atoms with E-state index in [0.29, 0.717) is 0 Å². The van der Waals surface area contributed by atoms with Gasteiger partial charge in [-0.1, -0.05) is 0 Å². The predicted molar refractivity (Wildman–Crippen MR) is 63.9 cm³/mol. The third kappa shape index (κ3) is 1.65. The molecule has 17 heavy (non-hydrogen) atoms. The minimum Gasteiger partial charge on any atom is -0.312 e. The number of anilines is 1. The first kappa shape index (κ1) is 11.0. The lowest BCUT2D eigenvalue weighted by atomic mass is 10.0. The van der Waals surface area contributed by atoms with Crippen LogP contribution in [0, 0.1) is 0 Å². The molecule has 1 aromatic rings. The summed E-state index contributed by atoms with van der Waals surface area (Å²) < 4.78 is 22.7. The summed E-state index contributed by atoms with van der Waals surface area (Å²) in [5.74, 6) is 0.0464. The van der Waals surface area contributed by atoms with Crippen molar-refractivity contribution >= 4 is 31.3 Å². The molecule has 3 rings (SSSR count). The fraction of sp³-hybridized carbons (Fsp3) is 0.364. The molecule has 2 aliphatic rings. The van der Waals surface area contributed by atoms with Gasteiger partial charge in [-0.15, -0.1) is 0 Å². The Labute approximate surface area is 104 Å². The number of aryl methyl sites for hydroxylation is 1. The quantitative estimate of drug-likeness (QED) is 0.727. The highest BCUT2D eigenvalue weighted by Gasteiger charge is 2.33. The summed E-state index contributed by atoms with van der Waals surface area (Å²) in [5, 5.41) is 0. The predicted octanol–water partition coefficient (Wildman–Crippen LogP) is 1.45. The number of halogens is 1. The molecule has 0 atom stereocenters. The van der Waals surface area contributed by atoms with Crippen LogP contribution in [0.25, 0.3) is 0 Å². The number of rotatable bonds is 1. The van der Waals surface area contributed by atoms with Gasteiger partial charge in [0.1, 0.15) is 0 Å². The largest absolute Gasteiger partial charge is 0.312 e. The van der Waals surface area contributed by atoms with Crippen LogP contribution in [0.5, 0.6) is 0 Å². The van der Waals surface area contributed by atoms with Crippen LogP contribution in [-0.4, -0.2) is 20.9 Å². The molecule has 0 saturated carbocycles. The molecule has 1 aromatic carbocycles. The zero-order valence-electron chi connectivity index (χ0n) is 8.94. The van der Waals surface area contributed by atoms with Crippen molar-refractivity contribution in [3.8, 4) is 0 Å². The van der Waals surface area contributed by atoms with Gasteiger partial charge in [-0.25, -0.2) is 8.42 Å². The van der Waals surface area contributed by atoms with Crippen molar-refractivity contribution in [1.29, 1.82) is 0 Å². The van der Waals surface area contributed by atoms with Gasteiger partial charge >= 0.3 is 0 Å². The first-order valence-electron chi connectivity index (χ1n) is 5.37. The molecular formula is C11H10ClNO3S. The lowest BCUT2D eigenvalue weighted by molar-refractivity contribution is -0.117. The van der Waals surface area contributed by atoms with E-state index in [-0.39, 0.29) is 17.2 Å². The van der Waals surface area contributed by atoms with Crippen molar-refractivity contribution in [2.24, 2.45) is 0 Å². The molecular weight excluding hydrogens is 262 g/mol. The van der Waals surface area contributed by atoms with E-state index in [1.165, 1.54) is 6.07 Å². The van der Waals surface area contributed by atoms with E-state index >= 15 is 0 Å². The molecule has 4 nitrogen and oxygen atoms in total. The number of amides is 1. The normalized spacial score (nSPS) is 18.4. The maximum absolute atomic E-state index is 11.8. The van der Waals surface area contributed by atoms with Gasteiger partial charge in [0.15, 0.2) is 0 Å². The Bertz CT molecular complexity index is 624. The average Bonchev–Trinajstić information content (AvgIpc) is 2.56. The molecule has 0 radical (unpaired) electrons. The summed E-state index contributed by atoms with van der Waals surface area (Å²) in [7, 11) is 1.63. The van der Waals surface area contributed by atoms with Crippen molar-refractivity contribution in [1.82, 2.24) is 0 Å². The summed E-state index contributed by atoms with van der Waals surface area (Å²) in [6.45, 7) is 0.728. The van der Waals surface area contributed by atoms with E-state index in [1.54, 1.807) is 11.0 Å². The fourth-order valence-corrected chi connectivity index (χ4v) is 3.42. The van der Waals surface area contributed by atoms with Gasteiger partial charge < -0.3 is 4.90 Å². The maximum atomic E-state index is 11.8. The van der Waals surface area contributed by atoms with Crippen LogP contribution >= 0.6 is 10.7 Å². The first-order valence-corrected chi connectivity index (χ1v) is 7.68. The molecule has 0 fully saturated rings. The summed E-state index contributed by atoms with van der Waals surface area (Å²) in [6, 6.07) is 3.11. The Morgan fingerprint density at radius 3 is 2.65 bits per heavy atom. The Morgan fingerprint density at radius 2 is 1.94 bits per heavy atom. The van der Waals surface area contributed by atoms with E-state index in [2.05, 4.69) is 0 Å². The Balaban J connectivity index is 2.25. The van der Waals surface area contributed by atoms with E-state index < -0.39 is 9.05 Å². The highest BCUT2D eigenvalue weighted by molar-refractivity contribution is 8.13. The van der Waals surface area contributed by atoms with E-state index in [1.807, 2.05) is 0 Å². The van der Waals surface area contributed by atoms with Crippen LogP contribution in [-0.2, 0) is 26.7 Å². The Hall–Kier alpha value is -1.07. The first-order chi connectivity index (χ1) is 7.97. The lowest BCUT2D eigenvalue weighted by Gasteiger charge is -2.25. The lowest BCUT2D eigenvalue weighted by Crippen LogP contribution is -2.31.